The Hall–Kier alpha value is -1.86. The van der Waals surface area contributed by atoms with E-state index >= 15 is 0 Å². The SMILES string of the molecule is C=C1c2ccccc2CC(CCN)c2ccccc21. The van der Waals surface area contributed by atoms with E-state index in [2.05, 4.69) is 55.1 Å². The summed E-state index contributed by atoms with van der Waals surface area (Å²) >= 11 is 0. The van der Waals surface area contributed by atoms with Crippen LogP contribution >= 0.6 is 0 Å². The molecule has 0 aliphatic heterocycles. The highest BCUT2D eigenvalue weighted by molar-refractivity contribution is 5.82. The second kappa shape index (κ2) is 5.02. The summed E-state index contributed by atoms with van der Waals surface area (Å²) in [5, 5.41) is 0. The first-order chi connectivity index (χ1) is 9.31. The molecule has 0 amide bonds. The fourth-order valence-corrected chi connectivity index (χ4v) is 3.10. The van der Waals surface area contributed by atoms with Gasteiger partial charge in [0.2, 0.25) is 0 Å². The van der Waals surface area contributed by atoms with Gasteiger partial charge in [0.15, 0.2) is 0 Å². The first-order valence-corrected chi connectivity index (χ1v) is 6.88. The highest BCUT2D eigenvalue weighted by Gasteiger charge is 2.22. The van der Waals surface area contributed by atoms with Crippen LogP contribution in [-0.4, -0.2) is 6.54 Å². The largest absolute Gasteiger partial charge is 0.330 e. The summed E-state index contributed by atoms with van der Waals surface area (Å²) in [6, 6.07) is 17.2. The molecule has 0 fully saturated rings. The first-order valence-electron chi connectivity index (χ1n) is 6.88. The molecule has 3 rings (SSSR count). The van der Waals surface area contributed by atoms with Crippen LogP contribution in [0, 0.1) is 0 Å². The Morgan fingerprint density at radius 1 is 1.00 bits per heavy atom. The van der Waals surface area contributed by atoms with E-state index in [0.29, 0.717) is 5.92 Å². The second-order valence-corrected chi connectivity index (χ2v) is 5.20. The van der Waals surface area contributed by atoms with Crippen molar-refractivity contribution in [3.8, 4) is 0 Å². The summed E-state index contributed by atoms with van der Waals surface area (Å²) in [5.74, 6) is 0.501. The molecule has 1 nitrogen and oxygen atoms in total. The van der Waals surface area contributed by atoms with E-state index in [-0.39, 0.29) is 0 Å². The van der Waals surface area contributed by atoms with Gasteiger partial charge in [-0.1, -0.05) is 55.1 Å². The van der Waals surface area contributed by atoms with Crippen molar-refractivity contribution in [3.05, 3.63) is 77.4 Å². The first kappa shape index (κ1) is 12.2. The third-order valence-corrected chi connectivity index (χ3v) is 4.05. The molecule has 0 saturated heterocycles. The summed E-state index contributed by atoms with van der Waals surface area (Å²) in [4.78, 5) is 0. The average molecular weight is 249 g/mol. The highest BCUT2D eigenvalue weighted by atomic mass is 14.5. The van der Waals surface area contributed by atoms with E-state index in [1.807, 2.05) is 0 Å². The van der Waals surface area contributed by atoms with Gasteiger partial charge in [0, 0.05) is 0 Å². The van der Waals surface area contributed by atoms with Crippen LogP contribution in [0.1, 0.15) is 34.6 Å². The summed E-state index contributed by atoms with van der Waals surface area (Å²) in [5.41, 5.74) is 12.3. The van der Waals surface area contributed by atoms with Crippen LogP contribution in [0.15, 0.2) is 55.1 Å². The zero-order chi connectivity index (χ0) is 13.2. The fraction of sp³-hybridized carbons (Fsp3) is 0.222. The maximum atomic E-state index is 5.80. The van der Waals surface area contributed by atoms with E-state index in [1.54, 1.807) is 0 Å². The van der Waals surface area contributed by atoms with E-state index in [1.165, 1.54) is 22.3 Å². The monoisotopic (exact) mass is 249 g/mol. The molecule has 1 atom stereocenters. The molecule has 0 saturated carbocycles. The summed E-state index contributed by atoms with van der Waals surface area (Å²) in [7, 11) is 0. The molecule has 96 valence electrons. The van der Waals surface area contributed by atoms with Crippen LogP contribution in [-0.2, 0) is 6.42 Å². The minimum Gasteiger partial charge on any atom is -0.330 e. The number of benzene rings is 2. The van der Waals surface area contributed by atoms with Crippen LogP contribution in [0.4, 0.5) is 0 Å². The lowest BCUT2D eigenvalue weighted by atomic mass is 9.88. The van der Waals surface area contributed by atoms with Crippen molar-refractivity contribution < 1.29 is 0 Å². The van der Waals surface area contributed by atoms with Gasteiger partial charge in [-0.2, -0.15) is 0 Å². The van der Waals surface area contributed by atoms with E-state index in [0.717, 1.165) is 25.0 Å². The van der Waals surface area contributed by atoms with E-state index in [9.17, 15) is 0 Å². The molecule has 0 spiro atoms. The molecule has 1 heteroatoms. The molecule has 2 aromatic rings. The highest BCUT2D eigenvalue weighted by Crippen LogP contribution is 2.38. The van der Waals surface area contributed by atoms with E-state index in [4.69, 9.17) is 5.73 Å². The van der Waals surface area contributed by atoms with Gasteiger partial charge >= 0.3 is 0 Å². The topological polar surface area (TPSA) is 26.0 Å². The predicted octanol–water partition coefficient (Wildman–Crippen LogP) is 3.74. The quantitative estimate of drug-likeness (QED) is 0.862. The minimum absolute atomic E-state index is 0.501. The van der Waals surface area contributed by atoms with Crippen LogP contribution in [0.3, 0.4) is 0 Å². The molecule has 19 heavy (non-hydrogen) atoms. The normalized spacial score (nSPS) is 17.5. The van der Waals surface area contributed by atoms with Crippen molar-refractivity contribution in [1.29, 1.82) is 0 Å². The molecule has 1 aliphatic carbocycles. The molecule has 0 radical (unpaired) electrons. The zero-order valence-electron chi connectivity index (χ0n) is 11.1. The van der Waals surface area contributed by atoms with Gasteiger partial charge in [0.25, 0.3) is 0 Å². The summed E-state index contributed by atoms with van der Waals surface area (Å²) < 4.78 is 0. The number of hydrogen-bond donors (Lipinski definition) is 1. The Kier molecular flexibility index (Phi) is 3.22. The van der Waals surface area contributed by atoms with Gasteiger partial charge in [-0.05, 0) is 53.1 Å². The number of nitrogens with two attached hydrogens (primary N) is 1. The zero-order valence-corrected chi connectivity index (χ0v) is 11.1. The standard InChI is InChI=1S/C18H19N/c1-13-16-7-3-2-6-14(16)12-15(10-11-19)18-9-5-4-8-17(13)18/h2-9,15H,1,10-12,19H2. The maximum absolute atomic E-state index is 5.80. The smallest absolute Gasteiger partial charge is 0.00713 e. The summed E-state index contributed by atoms with van der Waals surface area (Å²) in [6.07, 6.45) is 2.09. The summed E-state index contributed by atoms with van der Waals surface area (Å²) in [6.45, 7) is 5.05. The van der Waals surface area contributed by atoms with Gasteiger partial charge in [0.05, 0.1) is 0 Å². The van der Waals surface area contributed by atoms with Gasteiger partial charge in [-0.15, -0.1) is 0 Å². The van der Waals surface area contributed by atoms with Crippen molar-refractivity contribution in [2.45, 2.75) is 18.8 Å². The molecular formula is C18H19N. The van der Waals surface area contributed by atoms with Crippen molar-refractivity contribution in [2.24, 2.45) is 5.73 Å². The van der Waals surface area contributed by atoms with Crippen molar-refractivity contribution >= 4 is 5.57 Å². The lowest BCUT2D eigenvalue weighted by molar-refractivity contribution is 0.631. The number of hydrogen-bond acceptors (Lipinski definition) is 1. The predicted molar refractivity (Wildman–Crippen MR) is 81.1 cm³/mol. The molecule has 1 unspecified atom stereocenters. The maximum Gasteiger partial charge on any atom is -0.00713 e. The van der Waals surface area contributed by atoms with Crippen molar-refractivity contribution in [2.75, 3.05) is 6.54 Å². The molecule has 2 aromatic carbocycles. The van der Waals surface area contributed by atoms with Crippen molar-refractivity contribution in [3.63, 3.8) is 0 Å². The third kappa shape index (κ3) is 2.11. The van der Waals surface area contributed by atoms with Crippen LogP contribution in [0.5, 0.6) is 0 Å². The average Bonchev–Trinajstić information content (AvgIpc) is 2.57. The molecular weight excluding hydrogens is 230 g/mol. The fourth-order valence-electron chi connectivity index (χ4n) is 3.10. The Morgan fingerprint density at radius 3 is 2.47 bits per heavy atom. The Bertz CT molecular complexity index is 613. The minimum atomic E-state index is 0.501. The lowest BCUT2D eigenvalue weighted by Gasteiger charge is -2.17. The van der Waals surface area contributed by atoms with E-state index < -0.39 is 0 Å². The Labute approximate surface area is 114 Å². The molecule has 0 bridgehead atoms. The lowest BCUT2D eigenvalue weighted by Crippen LogP contribution is -2.10. The molecule has 0 aromatic heterocycles. The number of rotatable bonds is 2. The van der Waals surface area contributed by atoms with Crippen LogP contribution in [0.25, 0.3) is 5.57 Å². The Balaban J connectivity index is 2.18. The molecule has 0 heterocycles. The Morgan fingerprint density at radius 2 is 1.68 bits per heavy atom. The van der Waals surface area contributed by atoms with Crippen LogP contribution < -0.4 is 5.73 Å². The van der Waals surface area contributed by atoms with Crippen LogP contribution in [0.2, 0.25) is 0 Å². The van der Waals surface area contributed by atoms with Gasteiger partial charge in [-0.3, -0.25) is 0 Å². The third-order valence-electron chi connectivity index (χ3n) is 4.05. The van der Waals surface area contributed by atoms with Gasteiger partial charge in [0.1, 0.15) is 0 Å². The number of fused-ring (bicyclic) bond motifs is 2. The molecule has 2 N–H and O–H groups in total. The van der Waals surface area contributed by atoms with Gasteiger partial charge < -0.3 is 5.73 Å². The van der Waals surface area contributed by atoms with Gasteiger partial charge in [-0.25, -0.2) is 0 Å². The molecule has 1 aliphatic rings. The second-order valence-electron chi connectivity index (χ2n) is 5.20. The van der Waals surface area contributed by atoms with Crippen molar-refractivity contribution in [1.82, 2.24) is 0 Å².